The number of ether oxygens (including phenoxy) is 1. The van der Waals surface area contributed by atoms with Crippen molar-refractivity contribution in [3.8, 4) is 0 Å². The summed E-state index contributed by atoms with van der Waals surface area (Å²) in [6.07, 6.45) is 2.55. The van der Waals surface area contributed by atoms with Crippen molar-refractivity contribution < 1.29 is 14.3 Å². The highest BCUT2D eigenvalue weighted by atomic mass is 16.5. The molecule has 1 fully saturated rings. The molecule has 0 heterocycles. The maximum atomic E-state index is 11.3. The SMILES string of the molecule is O=C(/C=C1/CCC1=O)OCc1ccccc1. The van der Waals surface area contributed by atoms with Crippen molar-refractivity contribution in [1.29, 1.82) is 0 Å². The number of hydrogen-bond donors (Lipinski definition) is 0. The fourth-order valence-corrected chi connectivity index (χ4v) is 1.44. The van der Waals surface area contributed by atoms with Gasteiger partial charge in [-0.25, -0.2) is 4.79 Å². The summed E-state index contributed by atoms with van der Waals surface area (Å²) in [7, 11) is 0. The zero-order valence-electron chi connectivity index (χ0n) is 8.81. The largest absolute Gasteiger partial charge is 0.458 e. The first-order chi connectivity index (χ1) is 7.75. The molecule has 0 aromatic heterocycles. The summed E-state index contributed by atoms with van der Waals surface area (Å²) in [5, 5.41) is 0. The monoisotopic (exact) mass is 216 g/mol. The second-order valence-electron chi connectivity index (χ2n) is 3.69. The minimum absolute atomic E-state index is 0.0525. The molecule has 0 aliphatic heterocycles. The van der Waals surface area contributed by atoms with Crippen LogP contribution in [0, 0.1) is 0 Å². The number of esters is 1. The first-order valence-corrected chi connectivity index (χ1v) is 5.20. The Labute approximate surface area is 93.7 Å². The lowest BCUT2D eigenvalue weighted by Gasteiger charge is -2.13. The van der Waals surface area contributed by atoms with E-state index in [1.165, 1.54) is 6.08 Å². The van der Waals surface area contributed by atoms with Crippen LogP contribution in [-0.4, -0.2) is 11.8 Å². The molecule has 3 nitrogen and oxygen atoms in total. The Hall–Kier alpha value is -1.90. The number of benzene rings is 1. The quantitative estimate of drug-likeness (QED) is 0.573. The van der Waals surface area contributed by atoms with Gasteiger partial charge in [0.15, 0.2) is 5.78 Å². The van der Waals surface area contributed by atoms with E-state index in [0.717, 1.165) is 5.56 Å². The van der Waals surface area contributed by atoms with Crippen LogP contribution in [0.4, 0.5) is 0 Å². The summed E-state index contributed by atoms with van der Waals surface area (Å²) in [6.45, 7) is 0.248. The van der Waals surface area contributed by atoms with Crippen molar-refractivity contribution in [2.24, 2.45) is 0 Å². The second-order valence-corrected chi connectivity index (χ2v) is 3.69. The van der Waals surface area contributed by atoms with Gasteiger partial charge in [-0.15, -0.1) is 0 Å². The van der Waals surface area contributed by atoms with Gasteiger partial charge in [0, 0.05) is 18.1 Å². The van der Waals surface area contributed by atoms with Gasteiger partial charge in [0.25, 0.3) is 0 Å². The van der Waals surface area contributed by atoms with Gasteiger partial charge >= 0.3 is 5.97 Å². The number of carbonyl (C=O) groups excluding carboxylic acids is 2. The van der Waals surface area contributed by atoms with E-state index in [4.69, 9.17) is 4.74 Å². The number of rotatable bonds is 3. The molecule has 0 radical (unpaired) electrons. The van der Waals surface area contributed by atoms with Gasteiger partial charge < -0.3 is 4.74 Å². The zero-order valence-corrected chi connectivity index (χ0v) is 8.81. The predicted molar refractivity (Wildman–Crippen MR) is 58.6 cm³/mol. The van der Waals surface area contributed by atoms with Gasteiger partial charge in [-0.3, -0.25) is 4.79 Å². The molecule has 0 amide bonds. The molecule has 0 atom stereocenters. The van der Waals surface area contributed by atoms with E-state index in [9.17, 15) is 9.59 Å². The molecule has 0 N–H and O–H groups in total. The molecule has 0 unspecified atom stereocenters. The molecule has 3 heteroatoms. The van der Waals surface area contributed by atoms with Crippen molar-refractivity contribution >= 4 is 11.8 Å². The number of ketones is 1. The highest BCUT2D eigenvalue weighted by molar-refractivity contribution is 6.05. The van der Waals surface area contributed by atoms with Crippen LogP contribution in [0.25, 0.3) is 0 Å². The number of Topliss-reactive ketones (excluding diaryl/α,β-unsaturated/α-hetero) is 1. The predicted octanol–water partition coefficient (Wildman–Crippen LogP) is 2.02. The van der Waals surface area contributed by atoms with E-state index >= 15 is 0 Å². The van der Waals surface area contributed by atoms with Crippen LogP contribution in [0.3, 0.4) is 0 Å². The minimum atomic E-state index is -0.438. The maximum Gasteiger partial charge on any atom is 0.331 e. The van der Waals surface area contributed by atoms with E-state index in [1.807, 2.05) is 30.3 Å². The lowest BCUT2D eigenvalue weighted by molar-refractivity contribution is -0.139. The highest BCUT2D eigenvalue weighted by Crippen LogP contribution is 2.20. The third-order valence-corrected chi connectivity index (χ3v) is 2.50. The lowest BCUT2D eigenvalue weighted by Crippen LogP contribution is -2.16. The Bertz CT molecular complexity index is 432. The molecule has 16 heavy (non-hydrogen) atoms. The van der Waals surface area contributed by atoms with Crippen LogP contribution in [0.2, 0.25) is 0 Å². The molecule has 1 aromatic rings. The Morgan fingerprint density at radius 2 is 2.00 bits per heavy atom. The molecule has 1 saturated carbocycles. The highest BCUT2D eigenvalue weighted by Gasteiger charge is 2.21. The Morgan fingerprint density at radius 3 is 2.56 bits per heavy atom. The maximum absolute atomic E-state index is 11.3. The van der Waals surface area contributed by atoms with Crippen molar-refractivity contribution in [3.63, 3.8) is 0 Å². The van der Waals surface area contributed by atoms with Gasteiger partial charge in [-0.1, -0.05) is 30.3 Å². The first-order valence-electron chi connectivity index (χ1n) is 5.20. The summed E-state index contributed by atoms with van der Waals surface area (Å²) >= 11 is 0. The Morgan fingerprint density at radius 1 is 1.25 bits per heavy atom. The molecule has 1 aliphatic carbocycles. The van der Waals surface area contributed by atoms with Crippen LogP contribution < -0.4 is 0 Å². The molecule has 0 saturated heterocycles. The Balaban J connectivity index is 1.85. The summed E-state index contributed by atoms with van der Waals surface area (Å²) in [4.78, 5) is 22.3. The third-order valence-electron chi connectivity index (χ3n) is 2.50. The topological polar surface area (TPSA) is 43.4 Å². The lowest BCUT2D eigenvalue weighted by atomic mass is 9.90. The summed E-state index contributed by atoms with van der Waals surface area (Å²) < 4.78 is 5.02. The molecule has 1 aliphatic rings. The van der Waals surface area contributed by atoms with Crippen LogP contribution in [0.1, 0.15) is 18.4 Å². The molecule has 1 aromatic carbocycles. The van der Waals surface area contributed by atoms with E-state index in [0.29, 0.717) is 18.4 Å². The average Bonchev–Trinajstić information content (AvgIpc) is 2.33. The molecular weight excluding hydrogens is 204 g/mol. The van der Waals surface area contributed by atoms with Crippen LogP contribution in [-0.2, 0) is 20.9 Å². The number of carbonyl (C=O) groups is 2. The van der Waals surface area contributed by atoms with E-state index in [-0.39, 0.29) is 12.4 Å². The van der Waals surface area contributed by atoms with Crippen LogP contribution in [0.5, 0.6) is 0 Å². The number of hydrogen-bond acceptors (Lipinski definition) is 3. The average molecular weight is 216 g/mol. The van der Waals surface area contributed by atoms with Crippen LogP contribution in [0.15, 0.2) is 42.0 Å². The van der Waals surface area contributed by atoms with Crippen molar-refractivity contribution in [2.75, 3.05) is 0 Å². The van der Waals surface area contributed by atoms with Gasteiger partial charge in [0.2, 0.25) is 0 Å². The summed E-state index contributed by atoms with van der Waals surface area (Å²) in [5.74, 6) is -0.386. The van der Waals surface area contributed by atoms with E-state index in [2.05, 4.69) is 0 Å². The smallest absolute Gasteiger partial charge is 0.331 e. The number of allylic oxidation sites excluding steroid dienone is 1. The minimum Gasteiger partial charge on any atom is -0.458 e. The van der Waals surface area contributed by atoms with Crippen molar-refractivity contribution in [2.45, 2.75) is 19.4 Å². The van der Waals surface area contributed by atoms with E-state index in [1.54, 1.807) is 0 Å². The summed E-state index contributed by atoms with van der Waals surface area (Å²) in [6, 6.07) is 9.44. The molecular formula is C13H12O3. The normalized spacial score (nSPS) is 17.0. The third kappa shape index (κ3) is 2.57. The van der Waals surface area contributed by atoms with Gasteiger partial charge in [0.05, 0.1) is 0 Å². The molecule has 0 spiro atoms. The fourth-order valence-electron chi connectivity index (χ4n) is 1.44. The van der Waals surface area contributed by atoms with Crippen molar-refractivity contribution in [1.82, 2.24) is 0 Å². The van der Waals surface area contributed by atoms with Gasteiger partial charge in [-0.2, -0.15) is 0 Å². The second kappa shape index (κ2) is 4.75. The fraction of sp³-hybridized carbons (Fsp3) is 0.231. The molecule has 2 rings (SSSR count). The van der Waals surface area contributed by atoms with Crippen molar-refractivity contribution in [3.05, 3.63) is 47.5 Å². The van der Waals surface area contributed by atoms with Gasteiger partial charge in [-0.05, 0) is 12.0 Å². The zero-order chi connectivity index (χ0) is 11.4. The molecule has 0 bridgehead atoms. The standard InChI is InChI=1S/C13H12O3/c14-12-7-6-11(12)8-13(15)16-9-10-4-2-1-3-5-10/h1-5,8H,6-7,9H2/b11-8-. The van der Waals surface area contributed by atoms with E-state index < -0.39 is 5.97 Å². The van der Waals surface area contributed by atoms with Crippen LogP contribution >= 0.6 is 0 Å². The Kier molecular flexibility index (Phi) is 3.15. The van der Waals surface area contributed by atoms with Gasteiger partial charge in [0.1, 0.15) is 6.61 Å². The summed E-state index contributed by atoms with van der Waals surface area (Å²) in [5.41, 5.74) is 1.52. The first kappa shape index (κ1) is 10.6. The molecule has 82 valence electrons.